The molecule has 0 atom stereocenters. The molecule has 0 unspecified atom stereocenters. The van der Waals surface area contributed by atoms with Crippen LogP contribution in [0.3, 0.4) is 0 Å². The van der Waals surface area contributed by atoms with Crippen LogP contribution in [0.15, 0.2) is 51.1 Å². The van der Waals surface area contributed by atoms with Crippen molar-refractivity contribution in [2.24, 2.45) is 0 Å². The van der Waals surface area contributed by atoms with E-state index in [9.17, 15) is 8.42 Å². The average molecular weight is 322 g/mol. The van der Waals surface area contributed by atoms with Crippen molar-refractivity contribution in [2.75, 3.05) is 12.8 Å². The molecule has 0 spiro atoms. The lowest BCUT2D eigenvalue weighted by atomic mass is 10.2. The van der Waals surface area contributed by atoms with Gasteiger partial charge in [-0.05, 0) is 56.3 Å². The summed E-state index contributed by atoms with van der Waals surface area (Å²) >= 11 is 1.43. The summed E-state index contributed by atoms with van der Waals surface area (Å²) < 4.78 is 26.6. The van der Waals surface area contributed by atoms with E-state index in [2.05, 4.69) is 4.72 Å². The van der Waals surface area contributed by atoms with Gasteiger partial charge in [0.1, 0.15) is 0 Å². The normalized spacial score (nSPS) is 11.6. The number of anilines is 1. The van der Waals surface area contributed by atoms with Crippen molar-refractivity contribution in [1.29, 1.82) is 0 Å². The van der Waals surface area contributed by atoms with Gasteiger partial charge in [-0.1, -0.05) is 23.9 Å². The minimum Gasteiger partial charge on any atom is -0.399 e. The number of aryl methyl sites for hydroxylation is 2. The molecule has 112 valence electrons. The molecule has 0 saturated heterocycles. The highest BCUT2D eigenvalue weighted by molar-refractivity contribution is 8.00. The summed E-state index contributed by atoms with van der Waals surface area (Å²) in [5, 5.41) is 0. The predicted molar refractivity (Wildman–Crippen MR) is 87.1 cm³/mol. The van der Waals surface area contributed by atoms with Gasteiger partial charge in [0.2, 0.25) is 10.0 Å². The molecule has 2 aromatic rings. The number of rotatable bonds is 4. The standard InChI is InChI=1S/C15H18N2O2S2/c1-10-4-5-11(2)14(8-10)20-13-7-6-12(16)9-15(13)21(18,19)17-3/h4-9,17H,16H2,1-3H3. The van der Waals surface area contributed by atoms with Crippen molar-refractivity contribution >= 4 is 27.5 Å². The van der Waals surface area contributed by atoms with Crippen LogP contribution in [-0.2, 0) is 10.0 Å². The summed E-state index contributed by atoms with van der Waals surface area (Å²) in [6.45, 7) is 4.02. The maximum absolute atomic E-state index is 12.1. The van der Waals surface area contributed by atoms with Crippen molar-refractivity contribution in [1.82, 2.24) is 4.72 Å². The van der Waals surface area contributed by atoms with E-state index in [0.29, 0.717) is 10.6 Å². The number of nitrogens with one attached hydrogen (secondary N) is 1. The number of hydrogen-bond donors (Lipinski definition) is 2. The molecule has 4 nitrogen and oxygen atoms in total. The third-order valence-electron chi connectivity index (χ3n) is 3.09. The minimum atomic E-state index is -3.55. The number of nitrogen functional groups attached to an aromatic ring is 1. The summed E-state index contributed by atoms with van der Waals surface area (Å²) in [6, 6.07) is 11.1. The molecule has 21 heavy (non-hydrogen) atoms. The van der Waals surface area contributed by atoms with E-state index in [1.807, 2.05) is 32.0 Å². The molecular weight excluding hydrogens is 304 g/mol. The third-order valence-corrected chi connectivity index (χ3v) is 5.91. The minimum absolute atomic E-state index is 0.205. The molecule has 0 amide bonds. The van der Waals surface area contributed by atoms with Gasteiger partial charge in [-0.3, -0.25) is 0 Å². The van der Waals surface area contributed by atoms with Crippen LogP contribution in [0.4, 0.5) is 5.69 Å². The zero-order valence-electron chi connectivity index (χ0n) is 12.2. The molecule has 0 saturated carbocycles. The van der Waals surface area contributed by atoms with E-state index in [4.69, 9.17) is 5.73 Å². The Balaban J connectivity index is 2.52. The smallest absolute Gasteiger partial charge is 0.241 e. The molecule has 0 aromatic heterocycles. The van der Waals surface area contributed by atoms with Gasteiger partial charge in [0.25, 0.3) is 0 Å². The quantitative estimate of drug-likeness (QED) is 0.849. The Labute approximate surface area is 129 Å². The first-order chi connectivity index (χ1) is 9.83. The highest BCUT2D eigenvalue weighted by Crippen LogP contribution is 2.35. The Hall–Kier alpha value is -1.50. The zero-order valence-corrected chi connectivity index (χ0v) is 13.8. The fraction of sp³-hybridized carbons (Fsp3) is 0.200. The summed E-state index contributed by atoms with van der Waals surface area (Å²) in [6.07, 6.45) is 0. The molecule has 0 fully saturated rings. The molecule has 0 bridgehead atoms. The van der Waals surface area contributed by atoms with Gasteiger partial charge >= 0.3 is 0 Å². The molecular formula is C15H18N2O2S2. The van der Waals surface area contributed by atoms with Gasteiger partial charge in [-0.2, -0.15) is 0 Å². The summed E-state index contributed by atoms with van der Waals surface area (Å²) in [5.74, 6) is 0. The number of hydrogen-bond acceptors (Lipinski definition) is 4. The molecule has 0 radical (unpaired) electrons. The highest BCUT2D eigenvalue weighted by atomic mass is 32.2. The first kappa shape index (κ1) is 15.9. The van der Waals surface area contributed by atoms with Gasteiger partial charge in [-0.25, -0.2) is 13.1 Å². The lowest BCUT2D eigenvalue weighted by Gasteiger charge is -2.12. The zero-order chi connectivity index (χ0) is 15.6. The third kappa shape index (κ3) is 3.58. The van der Waals surface area contributed by atoms with Crippen LogP contribution in [0.1, 0.15) is 11.1 Å². The Kier molecular flexibility index (Phi) is 4.61. The SMILES string of the molecule is CNS(=O)(=O)c1cc(N)ccc1Sc1cc(C)ccc1C. The maximum atomic E-state index is 12.1. The van der Waals surface area contributed by atoms with Crippen LogP contribution < -0.4 is 10.5 Å². The van der Waals surface area contributed by atoms with Gasteiger partial charge < -0.3 is 5.73 Å². The molecule has 0 heterocycles. The van der Waals surface area contributed by atoms with E-state index in [0.717, 1.165) is 16.0 Å². The van der Waals surface area contributed by atoms with Crippen LogP contribution in [-0.4, -0.2) is 15.5 Å². The Morgan fingerprint density at radius 3 is 2.43 bits per heavy atom. The van der Waals surface area contributed by atoms with Gasteiger partial charge in [0.15, 0.2) is 0 Å². The van der Waals surface area contributed by atoms with E-state index >= 15 is 0 Å². The van der Waals surface area contributed by atoms with Crippen LogP contribution >= 0.6 is 11.8 Å². The fourth-order valence-electron chi connectivity index (χ4n) is 1.86. The summed E-state index contributed by atoms with van der Waals surface area (Å²) in [4.78, 5) is 1.90. The average Bonchev–Trinajstić information content (AvgIpc) is 2.44. The van der Waals surface area contributed by atoms with Crippen molar-refractivity contribution in [3.8, 4) is 0 Å². The first-order valence-electron chi connectivity index (χ1n) is 6.41. The summed E-state index contributed by atoms with van der Waals surface area (Å²) in [7, 11) is -2.15. The predicted octanol–water partition coefficient (Wildman–Crippen LogP) is 2.94. The second-order valence-corrected chi connectivity index (χ2v) is 7.72. The van der Waals surface area contributed by atoms with Crippen molar-refractivity contribution < 1.29 is 8.42 Å². The van der Waals surface area contributed by atoms with Crippen LogP contribution in [0.25, 0.3) is 0 Å². The van der Waals surface area contributed by atoms with E-state index in [1.165, 1.54) is 24.9 Å². The van der Waals surface area contributed by atoms with Gasteiger partial charge in [-0.15, -0.1) is 0 Å². The van der Waals surface area contributed by atoms with Crippen LogP contribution in [0.2, 0.25) is 0 Å². The monoisotopic (exact) mass is 322 g/mol. The molecule has 0 aliphatic rings. The van der Waals surface area contributed by atoms with Crippen molar-refractivity contribution in [3.05, 3.63) is 47.5 Å². The molecule has 3 N–H and O–H groups in total. The maximum Gasteiger partial charge on any atom is 0.241 e. The molecule has 2 aromatic carbocycles. The second kappa shape index (κ2) is 6.09. The van der Waals surface area contributed by atoms with Crippen molar-refractivity contribution in [3.63, 3.8) is 0 Å². The van der Waals surface area contributed by atoms with Gasteiger partial charge in [0.05, 0.1) is 4.90 Å². The van der Waals surface area contributed by atoms with Crippen molar-refractivity contribution in [2.45, 2.75) is 28.5 Å². The molecule has 2 rings (SSSR count). The van der Waals surface area contributed by atoms with Crippen LogP contribution in [0, 0.1) is 13.8 Å². The summed E-state index contributed by atoms with van der Waals surface area (Å²) in [5.41, 5.74) is 8.39. The van der Waals surface area contributed by atoms with E-state index in [1.54, 1.807) is 12.1 Å². The second-order valence-electron chi connectivity index (χ2n) is 4.78. The highest BCUT2D eigenvalue weighted by Gasteiger charge is 2.18. The molecule has 6 heteroatoms. The lowest BCUT2D eigenvalue weighted by molar-refractivity contribution is 0.586. The Morgan fingerprint density at radius 2 is 1.76 bits per heavy atom. The van der Waals surface area contributed by atoms with Crippen LogP contribution in [0.5, 0.6) is 0 Å². The topological polar surface area (TPSA) is 72.2 Å². The van der Waals surface area contributed by atoms with E-state index in [-0.39, 0.29) is 4.90 Å². The fourth-order valence-corrected chi connectivity index (χ4v) is 4.17. The number of sulfonamides is 1. The number of benzene rings is 2. The van der Waals surface area contributed by atoms with Gasteiger partial charge in [0, 0.05) is 15.5 Å². The molecule has 0 aliphatic carbocycles. The number of nitrogens with two attached hydrogens (primary N) is 1. The van der Waals surface area contributed by atoms with E-state index < -0.39 is 10.0 Å². The Morgan fingerprint density at radius 1 is 1.05 bits per heavy atom. The Bertz CT molecular complexity index is 771. The molecule has 0 aliphatic heterocycles. The first-order valence-corrected chi connectivity index (χ1v) is 8.71. The largest absolute Gasteiger partial charge is 0.399 e. The lowest BCUT2D eigenvalue weighted by Crippen LogP contribution is -2.19.